The van der Waals surface area contributed by atoms with E-state index in [1.54, 1.807) is 6.08 Å². The highest BCUT2D eigenvalue weighted by Gasteiger charge is 2.29. The van der Waals surface area contributed by atoms with Crippen LogP contribution in [0.3, 0.4) is 0 Å². The van der Waals surface area contributed by atoms with Gasteiger partial charge in [-0.1, -0.05) is 6.08 Å². The first-order valence-corrected chi connectivity index (χ1v) is 6.24. The van der Waals surface area contributed by atoms with Crippen molar-refractivity contribution in [3.05, 3.63) is 12.7 Å². The molecular formula is C13H24N2O4. The van der Waals surface area contributed by atoms with Crippen molar-refractivity contribution >= 4 is 12.0 Å². The predicted octanol–water partition coefficient (Wildman–Crippen LogP) is 1.16. The Labute approximate surface area is 114 Å². The van der Waals surface area contributed by atoms with Crippen LogP contribution in [-0.4, -0.2) is 63.8 Å². The number of nitrogens with zero attached hydrogens (tertiary/aromatic N) is 2. The van der Waals surface area contributed by atoms with Gasteiger partial charge in [0.15, 0.2) is 0 Å². The van der Waals surface area contributed by atoms with Crippen molar-refractivity contribution in [2.45, 2.75) is 32.7 Å². The molecule has 6 nitrogen and oxygen atoms in total. The lowest BCUT2D eigenvalue weighted by Crippen LogP contribution is -2.53. The fraction of sp³-hybridized carbons (Fsp3) is 0.692. The summed E-state index contributed by atoms with van der Waals surface area (Å²) in [5, 5.41) is 17.7. The number of hydrogen-bond donors (Lipinski definition) is 2. The van der Waals surface area contributed by atoms with E-state index in [4.69, 9.17) is 10.2 Å². The molecule has 0 bridgehead atoms. The topological polar surface area (TPSA) is 81.1 Å². The first-order valence-electron chi connectivity index (χ1n) is 6.24. The van der Waals surface area contributed by atoms with E-state index in [9.17, 15) is 9.59 Å². The number of hydrogen-bond acceptors (Lipinski definition) is 3. The molecule has 2 amide bonds. The summed E-state index contributed by atoms with van der Waals surface area (Å²) in [4.78, 5) is 26.0. The van der Waals surface area contributed by atoms with E-state index in [2.05, 4.69) is 6.58 Å². The van der Waals surface area contributed by atoms with Crippen LogP contribution in [0.4, 0.5) is 4.79 Å². The van der Waals surface area contributed by atoms with Crippen LogP contribution in [0.1, 0.15) is 27.2 Å². The van der Waals surface area contributed by atoms with Crippen molar-refractivity contribution < 1.29 is 19.8 Å². The summed E-state index contributed by atoms with van der Waals surface area (Å²) in [6.07, 6.45) is 1.47. The van der Waals surface area contributed by atoms with Gasteiger partial charge >= 0.3 is 12.0 Å². The summed E-state index contributed by atoms with van der Waals surface area (Å²) in [6.45, 7) is 9.62. The van der Waals surface area contributed by atoms with Gasteiger partial charge in [-0.25, -0.2) is 4.79 Å². The van der Waals surface area contributed by atoms with Gasteiger partial charge in [-0.3, -0.25) is 4.79 Å². The van der Waals surface area contributed by atoms with E-state index in [-0.39, 0.29) is 32.1 Å². The Bertz CT molecular complexity index is 323. The number of urea groups is 1. The standard InChI is InChI=1S/C13H24N2O4/c1-5-7-14(9-10-16)12(19)15(13(2,3)4)8-6-11(17)18/h5,16H,1,6-10H2,2-4H3,(H,17,18). The highest BCUT2D eigenvalue weighted by Crippen LogP contribution is 2.16. The number of aliphatic carboxylic acids is 1. The molecule has 2 N–H and O–H groups in total. The summed E-state index contributed by atoms with van der Waals surface area (Å²) in [5.74, 6) is -0.945. The molecule has 110 valence electrons. The molecule has 0 saturated heterocycles. The lowest BCUT2D eigenvalue weighted by Gasteiger charge is -2.38. The van der Waals surface area contributed by atoms with Gasteiger partial charge in [0.2, 0.25) is 0 Å². The molecule has 0 fully saturated rings. The van der Waals surface area contributed by atoms with Gasteiger partial charge in [-0.2, -0.15) is 0 Å². The third kappa shape index (κ3) is 6.24. The van der Waals surface area contributed by atoms with Gasteiger partial charge < -0.3 is 20.0 Å². The molecule has 0 rings (SSSR count). The summed E-state index contributed by atoms with van der Waals surface area (Å²) in [7, 11) is 0. The third-order valence-corrected chi connectivity index (χ3v) is 2.58. The van der Waals surface area contributed by atoms with E-state index in [0.29, 0.717) is 6.54 Å². The Balaban J connectivity index is 4.95. The third-order valence-electron chi connectivity index (χ3n) is 2.58. The monoisotopic (exact) mass is 272 g/mol. The van der Waals surface area contributed by atoms with Crippen molar-refractivity contribution in [2.24, 2.45) is 0 Å². The number of aliphatic hydroxyl groups is 1. The lowest BCUT2D eigenvalue weighted by atomic mass is 10.1. The minimum Gasteiger partial charge on any atom is -0.481 e. The fourth-order valence-electron chi connectivity index (χ4n) is 1.64. The molecule has 0 aromatic carbocycles. The van der Waals surface area contributed by atoms with E-state index in [1.165, 1.54) is 9.80 Å². The second-order valence-electron chi connectivity index (χ2n) is 5.21. The Morgan fingerprint density at radius 2 is 1.84 bits per heavy atom. The Kier molecular flexibility index (Phi) is 7.14. The van der Waals surface area contributed by atoms with Gasteiger partial charge in [0.05, 0.1) is 13.0 Å². The molecule has 0 aliphatic rings. The van der Waals surface area contributed by atoms with Gasteiger partial charge in [0.25, 0.3) is 0 Å². The van der Waals surface area contributed by atoms with Crippen LogP contribution >= 0.6 is 0 Å². The maximum Gasteiger partial charge on any atom is 0.320 e. The van der Waals surface area contributed by atoms with Crippen LogP contribution in [0.25, 0.3) is 0 Å². The van der Waals surface area contributed by atoms with Crippen LogP contribution in [0.2, 0.25) is 0 Å². The largest absolute Gasteiger partial charge is 0.481 e. The highest BCUT2D eigenvalue weighted by molar-refractivity contribution is 5.76. The van der Waals surface area contributed by atoms with Crippen LogP contribution in [0.5, 0.6) is 0 Å². The van der Waals surface area contributed by atoms with Gasteiger partial charge in [0.1, 0.15) is 0 Å². The first-order chi connectivity index (χ1) is 8.73. The molecule has 0 radical (unpaired) electrons. The minimum atomic E-state index is -0.945. The number of aliphatic hydroxyl groups excluding tert-OH is 1. The van der Waals surface area contributed by atoms with Crippen LogP contribution in [0, 0.1) is 0 Å². The highest BCUT2D eigenvalue weighted by atomic mass is 16.4. The SMILES string of the molecule is C=CCN(CCO)C(=O)N(CCC(=O)O)C(C)(C)C. The van der Waals surface area contributed by atoms with E-state index >= 15 is 0 Å². The fourth-order valence-corrected chi connectivity index (χ4v) is 1.64. The first kappa shape index (κ1) is 17.4. The normalized spacial score (nSPS) is 10.9. The minimum absolute atomic E-state index is 0.107. The van der Waals surface area contributed by atoms with Gasteiger partial charge in [0, 0.05) is 25.2 Å². The Hall–Kier alpha value is -1.56. The van der Waals surface area contributed by atoms with Crippen molar-refractivity contribution in [1.82, 2.24) is 9.80 Å². The maximum atomic E-state index is 12.4. The lowest BCUT2D eigenvalue weighted by molar-refractivity contribution is -0.137. The number of carbonyl (C=O) groups is 2. The number of rotatable bonds is 7. The molecule has 0 saturated carbocycles. The molecule has 0 aliphatic heterocycles. The van der Waals surface area contributed by atoms with Crippen LogP contribution in [-0.2, 0) is 4.79 Å². The molecule has 0 unspecified atom stereocenters. The van der Waals surface area contributed by atoms with Crippen LogP contribution < -0.4 is 0 Å². The average molecular weight is 272 g/mol. The summed E-state index contributed by atoms with van der Waals surface area (Å²) >= 11 is 0. The van der Waals surface area contributed by atoms with Crippen molar-refractivity contribution in [2.75, 3.05) is 26.2 Å². The zero-order valence-corrected chi connectivity index (χ0v) is 11.9. The molecule has 6 heteroatoms. The van der Waals surface area contributed by atoms with E-state index < -0.39 is 11.5 Å². The molecule has 0 aromatic heterocycles. The zero-order valence-electron chi connectivity index (χ0n) is 11.9. The summed E-state index contributed by atoms with van der Waals surface area (Å²) in [5.41, 5.74) is -0.485. The van der Waals surface area contributed by atoms with Gasteiger partial charge in [-0.15, -0.1) is 6.58 Å². The molecule has 0 spiro atoms. The van der Waals surface area contributed by atoms with Crippen LogP contribution in [0.15, 0.2) is 12.7 Å². The van der Waals surface area contributed by atoms with E-state index in [1.807, 2.05) is 20.8 Å². The molecule has 0 atom stereocenters. The van der Waals surface area contributed by atoms with Crippen molar-refractivity contribution in [3.8, 4) is 0 Å². The zero-order chi connectivity index (χ0) is 15.1. The second-order valence-corrected chi connectivity index (χ2v) is 5.21. The molecule has 0 heterocycles. The Morgan fingerprint density at radius 3 is 2.21 bits per heavy atom. The molecule has 19 heavy (non-hydrogen) atoms. The maximum absolute atomic E-state index is 12.4. The smallest absolute Gasteiger partial charge is 0.320 e. The van der Waals surface area contributed by atoms with Crippen molar-refractivity contribution in [3.63, 3.8) is 0 Å². The number of carboxylic acids is 1. The molecule has 0 aliphatic carbocycles. The summed E-state index contributed by atoms with van der Waals surface area (Å²) in [6, 6.07) is -0.289. The average Bonchev–Trinajstić information content (AvgIpc) is 2.26. The Morgan fingerprint density at radius 1 is 1.26 bits per heavy atom. The second kappa shape index (κ2) is 7.78. The van der Waals surface area contributed by atoms with E-state index in [0.717, 1.165) is 0 Å². The molecular weight excluding hydrogens is 248 g/mol. The van der Waals surface area contributed by atoms with Gasteiger partial charge in [-0.05, 0) is 20.8 Å². The predicted molar refractivity (Wildman–Crippen MR) is 73.0 cm³/mol. The number of amides is 2. The van der Waals surface area contributed by atoms with Crippen molar-refractivity contribution in [1.29, 1.82) is 0 Å². The number of carbonyl (C=O) groups excluding carboxylic acids is 1. The quantitative estimate of drug-likeness (QED) is 0.681. The number of carboxylic acid groups (broad SMARTS) is 1. The molecule has 0 aromatic rings. The summed E-state index contributed by atoms with van der Waals surface area (Å²) < 4.78 is 0.